The number of carboxylic acid groups (broad SMARTS) is 1. The van der Waals surface area contributed by atoms with Gasteiger partial charge in [-0.3, -0.25) is 4.79 Å². The van der Waals surface area contributed by atoms with Gasteiger partial charge in [0.15, 0.2) is 0 Å². The number of piperidine rings is 1. The highest BCUT2D eigenvalue weighted by Crippen LogP contribution is 2.31. The molecule has 0 spiro atoms. The Hall–Kier alpha value is -3.09. The van der Waals surface area contributed by atoms with E-state index in [2.05, 4.69) is 0 Å². The molecule has 158 valence electrons. The second kappa shape index (κ2) is 7.63. The van der Waals surface area contributed by atoms with Crippen molar-refractivity contribution < 1.29 is 23.5 Å². The molecule has 7 nitrogen and oxygen atoms in total. The minimum Gasteiger partial charge on any atom is -0.480 e. The molecule has 3 aromatic rings. The van der Waals surface area contributed by atoms with Crippen molar-refractivity contribution in [2.45, 2.75) is 58.9 Å². The van der Waals surface area contributed by atoms with E-state index < -0.39 is 17.6 Å². The molecule has 4 rings (SSSR count). The quantitative estimate of drug-likeness (QED) is 0.654. The van der Waals surface area contributed by atoms with Crippen LogP contribution in [0.4, 0.5) is 0 Å². The van der Waals surface area contributed by atoms with Crippen molar-refractivity contribution in [2.24, 2.45) is 0 Å². The third kappa shape index (κ3) is 3.38. The molecular weight excluding hydrogens is 386 g/mol. The zero-order valence-electron chi connectivity index (χ0n) is 17.4. The van der Waals surface area contributed by atoms with E-state index in [1.54, 1.807) is 6.07 Å². The molecular formula is C23H25NO6. The van der Waals surface area contributed by atoms with Gasteiger partial charge in [0, 0.05) is 35.4 Å². The van der Waals surface area contributed by atoms with Gasteiger partial charge in [0.05, 0.1) is 0 Å². The van der Waals surface area contributed by atoms with E-state index in [1.165, 1.54) is 4.90 Å². The molecule has 0 saturated carbocycles. The maximum Gasteiger partial charge on any atom is 0.339 e. The van der Waals surface area contributed by atoms with Gasteiger partial charge in [0.1, 0.15) is 23.0 Å². The number of aryl methyl sites for hydroxylation is 3. The van der Waals surface area contributed by atoms with Gasteiger partial charge in [0.2, 0.25) is 5.91 Å². The summed E-state index contributed by atoms with van der Waals surface area (Å²) in [4.78, 5) is 38.2. The number of carboxylic acids is 1. The van der Waals surface area contributed by atoms with Crippen LogP contribution >= 0.6 is 0 Å². The molecule has 30 heavy (non-hydrogen) atoms. The summed E-state index contributed by atoms with van der Waals surface area (Å²) in [5, 5.41) is 11.2. The standard InChI is InChI=1S/C23H25NO6/c1-12-14(3)29-19-11-20-17(10-16(12)19)13(2)15(23(28)30-20)7-8-21(25)24-9-5-4-6-18(24)22(26)27/h10-11,18H,4-9H2,1-3H3,(H,26,27)/t18-/m1/s1. The monoisotopic (exact) mass is 411 g/mol. The Morgan fingerprint density at radius 1 is 1.07 bits per heavy atom. The minimum absolute atomic E-state index is 0.0764. The molecule has 7 heteroatoms. The summed E-state index contributed by atoms with van der Waals surface area (Å²) in [7, 11) is 0. The van der Waals surface area contributed by atoms with E-state index in [0.29, 0.717) is 29.7 Å². The zero-order chi connectivity index (χ0) is 21.6. The summed E-state index contributed by atoms with van der Waals surface area (Å²) in [5.41, 5.74) is 2.93. The van der Waals surface area contributed by atoms with Crippen LogP contribution in [0.25, 0.3) is 21.9 Å². The number of carbonyl (C=O) groups is 2. The average Bonchev–Trinajstić information content (AvgIpc) is 2.99. The van der Waals surface area contributed by atoms with Crippen molar-refractivity contribution in [1.29, 1.82) is 0 Å². The first-order valence-electron chi connectivity index (χ1n) is 10.3. The maximum atomic E-state index is 12.7. The maximum absolute atomic E-state index is 12.7. The predicted octanol–water partition coefficient (Wildman–Crippen LogP) is 3.86. The van der Waals surface area contributed by atoms with Crippen molar-refractivity contribution in [1.82, 2.24) is 4.90 Å². The molecule has 1 aromatic carbocycles. The van der Waals surface area contributed by atoms with E-state index in [0.717, 1.165) is 40.5 Å². The SMILES string of the molecule is Cc1oc2cc3oc(=O)c(CCC(=O)N4CCCC[C@@H]4C(=O)O)c(C)c3cc2c1C. The summed E-state index contributed by atoms with van der Waals surface area (Å²) in [5.74, 6) is -0.391. The molecule has 0 aliphatic carbocycles. The lowest BCUT2D eigenvalue weighted by molar-refractivity contribution is -0.152. The fourth-order valence-electron chi connectivity index (χ4n) is 4.38. The normalized spacial score (nSPS) is 17.0. The van der Waals surface area contributed by atoms with Gasteiger partial charge in [-0.1, -0.05) is 0 Å². The second-order valence-corrected chi connectivity index (χ2v) is 8.06. The van der Waals surface area contributed by atoms with Gasteiger partial charge in [-0.2, -0.15) is 0 Å². The summed E-state index contributed by atoms with van der Waals surface area (Å²) in [6.45, 7) is 6.18. The van der Waals surface area contributed by atoms with Gasteiger partial charge in [0.25, 0.3) is 0 Å². The number of benzene rings is 1. The fourth-order valence-corrected chi connectivity index (χ4v) is 4.38. The van der Waals surface area contributed by atoms with Crippen molar-refractivity contribution in [3.63, 3.8) is 0 Å². The molecule has 1 saturated heterocycles. The molecule has 0 unspecified atom stereocenters. The van der Waals surface area contributed by atoms with E-state index in [9.17, 15) is 19.5 Å². The molecule has 1 amide bonds. The molecule has 2 aromatic heterocycles. The predicted molar refractivity (Wildman–Crippen MR) is 112 cm³/mol. The summed E-state index contributed by atoms with van der Waals surface area (Å²) >= 11 is 0. The topological polar surface area (TPSA) is 101 Å². The van der Waals surface area contributed by atoms with Crippen LogP contribution < -0.4 is 5.63 Å². The molecule has 1 N–H and O–H groups in total. The number of furan rings is 1. The first-order chi connectivity index (χ1) is 14.3. The molecule has 0 radical (unpaired) electrons. The number of nitrogens with zero attached hydrogens (tertiary/aromatic N) is 1. The number of rotatable bonds is 4. The van der Waals surface area contributed by atoms with Crippen LogP contribution in [0.1, 0.15) is 48.1 Å². The highest BCUT2D eigenvalue weighted by molar-refractivity contribution is 5.96. The Morgan fingerprint density at radius 2 is 1.77 bits per heavy atom. The van der Waals surface area contributed by atoms with Crippen LogP contribution in [-0.2, 0) is 16.0 Å². The molecule has 1 aliphatic rings. The smallest absolute Gasteiger partial charge is 0.339 e. The van der Waals surface area contributed by atoms with Crippen molar-refractivity contribution in [2.75, 3.05) is 6.54 Å². The molecule has 1 aliphatic heterocycles. The Morgan fingerprint density at radius 3 is 2.50 bits per heavy atom. The third-order valence-corrected chi connectivity index (χ3v) is 6.28. The Kier molecular flexibility index (Phi) is 5.13. The van der Waals surface area contributed by atoms with E-state index >= 15 is 0 Å². The van der Waals surface area contributed by atoms with Crippen molar-refractivity contribution in [3.8, 4) is 0 Å². The van der Waals surface area contributed by atoms with Gasteiger partial charge in [-0.25, -0.2) is 9.59 Å². The Labute approximate surface area is 173 Å². The zero-order valence-corrected chi connectivity index (χ0v) is 17.4. The van der Waals surface area contributed by atoms with Crippen LogP contribution in [0.3, 0.4) is 0 Å². The van der Waals surface area contributed by atoms with Crippen LogP contribution in [0.2, 0.25) is 0 Å². The Bertz CT molecular complexity index is 1220. The van der Waals surface area contributed by atoms with E-state index in [-0.39, 0.29) is 18.7 Å². The number of likely N-dealkylation sites (tertiary alicyclic amines) is 1. The lowest BCUT2D eigenvalue weighted by atomic mass is 9.98. The highest BCUT2D eigenvalue weighted by atomic mass is 16.4. The summed E-state index contributed by atoms with van der Waals surface area (Å²) in [6, 6.07) is 2.92. The lowest BCUT2D eigenvalue weighted by Gasteiger charge is -2.33. The largest absolute Gasteiger partial charge is 0.480 e. The highest BCUT2D eigenvalue weighted by Gasteiger charge is 2.31. The van der Waals surface area contributed by atoms with Crippen LogP contribution in [0, 0.1) is 20.8 Å². The third-order valence-electron chi connectivity index (χ3n) is 6.28. The number of hydrogen-bond donors (Lipinski definition) is 1. The molecule has 1 atom stereocenters. The number of carbonyl (C=O) groups excluding carboxylic acids is 1. The lowest BCUT2D eigenvalue weighted by Crippen LogP contribution is -2.48. The van der Waals surface area contributed by atoms with Gasteiger partial charge < -0.3 is 18.8 Å². The number of fused-ring (bicyclic) bond motifs is 2. The van der Waals surface area contributed by atoms with Gasteiger partial charge in [-0.05, 0) is 63.6 Å². The van der Waals surface area contributed by atoms with E-state index in [4.69, 9.17) is 8.83 Å². The summed E-state index contributed by atoms with van der Waals surface area (Å²) < 4.78 is 11.3. The Balaban J connectivity index is 1.64. The number of aliphatic carboxylic acids is 1. The van der Waals surface area contributed by atoms with Crippen LogP contribution in [0.5, 0.6) is 0 Å². The minimum atomic E-state index is -0.973. The van der Waals surface area contributed by atoms with E-state index in [1.807, 2.05) is 26.8 Å². The average molecular weight is 411 g/mol. The summed E-state index contributed by atoms with van der Waals surface area (Å²) in [6.07, 6.45) is 2.36. The molecule has 1 fully saturated rings. The second-order valence-electron chi connectivity index (χ2n) is 8.06. The van der Waals surface area contributed by atoms with Gasteiger partial charge >= 0.3 is 11.6 Å². The fraction of sp³-hybridized carbons (Fsp3) is 0.435. The van der Waals surface area contributed by atoms with Gasteiger partial charge in [-0.15, -0.1) is 0 Å². The van der Waals surface area contributed by atoms with Crippen LogP contribution in [-0.4, -0.2) is 34.5 Å². The number of amides is 1. The number of hydrogen-bond acceptors (Lipinski definition) is 5. The first kappa shape index (κ1) is 20.2. The van der Waals surface area contributed by atoms with Crippen molar-refractivity contribution >= 4 is 33.8 Å². The van der Waals surface area contributed by atoms with Crippen LogP contribution in [0.15, 0.2) is 25.8 Å². The molecule has 0 bridgehead atoms. The van der Waals surface area contributed by atoms with Crippen molar-refractivity contribution in [3.05, 3.63) is 45.0 Å². The molecule has 3 heterocycles. The first-order valence-corrected chi connectivity index (χ1v) is 10.3.